The number of alkyl carbamates (subject to hydrolysis) is 1. The molecule has 1 amide bonds. The molecule has 0 aliphatic carbocycles. The number of ketones is 2. The zero-order valence-electron chi connectivity index (χ0n) is 15.7. The lowest BCUT2D eigenvalue weighted by molar-refractivity contribution is -0.133. The van der Waals surface area contributed by atoms with Gasteiger partial charge in [-0.05, 0) is 11.1 Å². The number of hydrogen-bond acceptors (Lipinski definition) is 4. The second kappa shape index (κ2) is 10.3. The van der Waals surface area contributed by atoms with Crippen LogP contribution in [-0.4, -0.2) is 17.7 Å². The molecule has 2 rings (SSSR count). The fraction of sp³-hybridized carbons (Fsp3) is 0.318. The first kappa shape index (κ1) is 20.4. The molecule has 0 unspecified atom stereocenters. The number of Topliss-reactive ketones (excluding diaryl/α,β-unsaturated/α-hetero) is 2. The maximum absolute atomic E-state index is 12.5. The van der Waals surface area contributed by atoms with Crippen molar-refractivity contribution >= 4 is 17.7 Å². The fourth-order valence-corrected chi connectivity index (χ4v) is 2.90. The number of benzene rings is 2. The summed E-state index contributed by atoms with van der Waals surface area (Å²) in [5.41, 5.74) is 1.55. The van der Waals surface area contributed by atoms with Crippen LogP contribution in [0, 0.1) is 5.92 Å². The van der Waals surface area contributed by atoms with Gasteiger partial charge in [-0.15, -0.1) is 0 Å². The summed E-state index contributed by atoms with van der Waals surface area (Å²) in [5, 5.41) is 2.73. The zero-order valence-corrected chi connectivity index (χ0v) is 15.7. The molecule has 0 aliphatic rings. The molecule has 0 saturated carbocycles. The van der Waals surface area contributed by atoms with Crippen LogP contribution in [0.4, 0.5) is 4.79 Å². The van der Waals surface area contributed by atoms with E-state index >= 15 is 0 Å². The normalized spacial score (nSPS) is 11.7. The van der Waals surface area contributed by atoms with E-state index in [-0.39, 0.29) is 31.0 Å². The van der Waals surface area contributed by atoms with Gasteiger partial charge in [0.1, 0.15) is 24.1 Å². The van der Waals surface area contributed by atoms with E-state index in [4.69, 9.17) is 4.74 Å². The molecule has 0 spiro atoms. The summed E-state index contributed by atoms with van der Waals surface area (Å²) < 4.78 is 5.28. The predicted molar refractivity (Wildman–Crippen MR) is 103 cm³/mol. The van der Waals surface area contributed by atoms with Crippen LogP contribution in [0.1, 0.15) is 43.9 Å². The quantitative estimate of drug-likeness (QED) is 0.673. The van der Waals surface area contributed by atoms with Crippen molar-refractivity contribution in [2.75, 3.05) is 0 Å². The van der Waals surface area contributed by atoms with Crippen LogP contribution in [0.3, 0.4) is 0 Å². The first-order chi connectivity index (χ1) is 13.1. The summed E-state index contributed by atoms with van der Waals surface area (Å²) in [6, 6.07) is 17.6. The van der Waals surface area contributed by atoms with Gasteiger partial charge in [0, 0.05) is 12.8 Å². The minimum absolute atomic E-state index is 0.113. The van der Waals surface area contributed by atoms with Crippen molar-refractivity contribution in [1.82, 2.24) is 5.32 Å². The van der Waals surface area contributed by atoms with Gasteiger partial charge in [0.25, 0.3) is 0 Å². The van der Waals surface area contributed by atoms with E-state index in [9.17, 15) is 14.4 Å². The predicted octanol–water partition coefficient (Wildman–Crippen LogP) is 4.23. The Morgan fingerprint density at radius 1 is 0.852 bits per heavy atom. The molecule has 0 heterocycles. The number of hydrogen-bond donors (Lipinski definition) is 1. The fourth-order valence-electron chi connectivity index (χ4n) is 2.90. The Bertz CT molecular complexity index is 742. The number of nitrogens with one attached hydrogen (secondary N) is 1. The van der Waals surface area contributed by atoms with E-state index < -0.39 is 18.1 Å². The Morgan fingerprint density at radius 3 is 1.89 bits per heavy atom. The lowest BCUT2D eigenvalue weighted by atomic mass is 9.84. The molecule has 2 aromatic rings. The topological polar surface area (TPSA) is 72.5 Å². The smallest absolute Gasteiger partial charge is 0.407 e. The second-order valence-electron chi connectivity index (χ2n) is 6.21. The molecule has 1 N–H and O–H groups in total. The molecule has 0 radical (unpaired) electrons. The van der Waals surface area contributed by atoms with Crippen LogP contribution >= 0.6 is 0 Å². The van der Waals surface area contributed by atoms with Crippen molar-refractivity contribution in [3.05, 3.63) is 71.8 Å². The molecule has 0 saturated heterocycles. The summed E-state index contributed by atoms with van der Waals surface area (Å²) in [4.78, 5) is 37.3. The van der Waals surface area contributed by atoms with Crippen molar-refractivity contribution in [3.8, 4) is 0 Å². The molecule has 5 heteroatoms. The summed E-state index contributed by atoms with van der Waals surface area (Å²) in [6.07, 6.45) is -0.216. The Hall–Kier alpha value is -2.95. The molecule has 5 nitrogen and oxygen atoms in total. The molecule has 1 atom stereocenters. The van der Waals surface area contributed by atoms with Gasteiger partial charge in [-0.2, -0.15) is 0 Å². The van der Waals surface area contributed by atoms with E-state index in [0.717, 1.165) is 5.56 Å². The van der Waals surface area contributed by atoms with Gasteiger partial charge in [-0.1, -0.05) is 74.5 Å². The van der Waals surface area contributed by atoms with E-state index in [1.807, 2.05) is 48.5 Å². The Balaban J connectivity index is 2.20. The SMILES string of the molecule is CCC(=O)C(C(=O)CC)[C@@H](NC(=O)OCc1ccccc1)c1ccccc1. The van der Waals surface area contributed by atoms with Crippen LogP contribution in [0.5, 0.6) is 0 Å². The molecular formula is C22H25NO4. The largest absolute Gasteiger partial charge is 0.445 e. The number of ether oxygens (including phenoxy) is 1. The van der Waals surface area contributed by atoms with Crippen molar-refractivity contribution in [3.63, 3.8) is 0 Å². The van der Waals surface area contributed by atoms with Crippen molar-refractivity contribution < 1.29 is 19.1 Å². The van der Waals surface area contributed by atoms with Gasteiger partial charge < -0.3 is 10.1 Å². The van der Waals surface area contributed by atoms with Crippen molar-refractivity contribution in [2.24, 2.45) is 5.92 Å². The van der Waals surface area contributed by atoms with E-state index in [0.29, 0.717) is 5.56 Å². The molecule has 2 aromatic carbocycles. The Morgan fingerprint density at radius 2 is 1.37 bits per heavy atom. The minimum Gasteiger partial charge on any atom is -0.445 e. The molecule has 0 fully saturated rings. The van der Waals surface area contributed by atoms with E-state index in [1.165, 1.54) is 0 Å². The molecular weight excluding hydrogens is 342 g/mol. The van der Waals surface area contributed by atoms with Gasteiger partial charge in [-0.25, -0.2) is 4.79 Å². The third-order valence-electron chi connectivity index (χ3n) is 4.37. The maximum atomic E-state index is 12.5. The number of amides is 1. The van der Waals surface area contributed by atoms with Gasteiger partial charge in [-0.3, -0.25) is 9.59 Å². The molecule has 0 bridgehead atoms. The zero-order chi connectivity index (χ0) is 19.6. The van der Waals surface area contributed by atoms with Crippen LogP contribution in [0.2, 0.25) is 0 Å². The third kappa shape index (κ3) is 5.78. The average molecular weight is 367 g/mol. The highest BCUT2D eigenvalue weighted by Gasteiger charge is 2.35. The first-order valence-electron chi connectivity index (χ1n) is 9.14. The summed E-state index contributed by atoms with van der Waals surface area (Å²) >= 11 is 0. The Labute approximate surface area is 159 Å². The van der Waals surface area contributed by atoms with Crippen molar-refractivity contribution in [1.29, 1.82) is 0 Å². The Kier molecular flexibility index (Phi) is 7.74. The lowest BCUT2D eigenvalue weighted by Crippen LogP contribution is -2.40. The maximum Gasteiger partial charge on any atom is 0.407 e. The standard InChI is InChI=1S/C22H25NO4/c1-3-18(24)20(19(25)4-2)21(17-13-9-6-10-14-17)23-22(26)27-15-16-11-7-5-8-12-16/h5-14,20-21H,3-4,15H2,1-2H3,(H,23,26)/t21-/m0/s1. The first-order valence-corrected chi connectivity index (χ1v) is 9.14. The summed E-state index contributed by atoms with van der Waals surface area (Å²) in [6.45, 7) is 3.55. The summed E-state index contributed by atoms with van der Waals surface area (Å²) in [7, 11) is 0. The third-order valence-corrected chi connectivity index (χ3v) is 4.37. The lowest BCUT2D eigenvalue weighted by Gasteiger charge is -2.26. The molecule has 27 heavy (non-hydrogen) atoms. The van der Waals surface area contributed by atoms with Crippen LogP contribution in [0.15, 0.2) is 60.7 Å². The number of carbonyl (C=O) groups is 3. The van der Waals surface area contributed by atoms with E-state index in [1.54, 1.807) is 26.0 Å². The number of rotatable bonds is 9. The highest BCUT2D eigenvalue weighted by Crippen LogP contribution is 2.26. The highest BCUT2D eigenvalue weighted by molar-refractivity contribution is 6.03. The molecule has 0 aliphatic heterocycles. The van der Waals surface area contributed by atoms with Crippen LogP contribution in [-0.2, 0) is 20.9 Å². The van der Waals surface area contributed by atoms with Gasteiger partial charge in [0.15, 0.2) is 0 Å². The van der Waals surface area contributed by atoms with Crippen LogP contribution in [0.25, 0.3) is 0 Å². The van der Waals surface area contributed by atoms with E-state index in [2.05, 4.69) is 5.32 Å². The molecule has 142 valence electrons. The minimum atomic E-state index is -0.924. The molecule has 0 aromatic heterocycles. The van der Waals surface area contributed by atoms with Gasteiger partial charge >= 0.3 is 6.09 Å². The second-order valence-corrected chi connectivity index (χ2v) is 6.21. The monoisotopic (exact) mass is 367 g/mol. The van der Waals surface area contributed by atoms with Crippen molar-refractivity contribution in [2.45, 2.75) is 39.3 Å². The van der Waals surface area contributed by atoms with Gasteiger partial charge in [0.05, 0.1) is 6.04 Å². The average Bonchev–Trinajstić information content (AvgIpc) is 2.72. The van der Waals surface area contributed by atoms with Crippen LogP contribution < -0.4 is 5.32 Å². The van der Waals surface area contributed by atoms with Gasteiger partial charge in [0.2, 0.25) is 0 Å². The summed E-state index contributed by atoms with van der Waals surface area (Å²) in [5.74, 6) is -1.31. The highest BCUT2D eigenvalue weighted by atomic mass is 16.5. The number of carbonyl (C=O) groups excluding carboxylic acids is 3.